The van der Waals surface area contributed by atoms with Crippen LogP contribution in [0.15, 0.2) is 47.5 Å². The molecule has 0 aliphatic carbocycles. The highest BCUT2D eigenvalue weighted by Crippen LogP contribution is 2.28. The average Bonchev–Trinajstić information content (AvgIpc) is 3.06. The Labute approximate surface area is 171 Å². The number of amides is 1. The first kappa shape index (κ1) is 20.7. The summed E-state index contributed by atoms with van der Waals surface area (Å²) in [7, 11) is 0. The first-order valence-electron chi connectivity index (χ1n) is 9.22. The van der Waals surface area contributed by atoms with E-state index in [2.05, 4.69) is 4.99 Å². The van der Waals surface area contributed by atoms with Crippen LogP contribution in [0.4, 0.5) is 5.69 Å². The predicted molar refractivity (Wildman–Crippen MR) is 110 cm³/mol. The van der Waals surface area contributed by atoms with Crippen LogP contribution in [-0.4, -0.2) is 35.2 Å². The summed E-state index contributed by atoms with van der Waals surface area (Å²) >= 11 is 1.33. The minimum absolute atomic E-state index is 0.0451. The molecule has 1 aromatic heterocycles. The van der Waals surface area contributed by atoms with Crippen molar-refractivity contribution in [3.05, 3.63) is 62.9 Å². The minimum atomic E-state index is -0.660. The second-order valence-corrected chi connectivity index (χ2v) is 6.97. The van der Waals surface area contributed by atoms with Gasteiger partial charge in [-0.1, -0.05) is 29.5 Å². The maximum absolute atomic E-state index is 12.8. The molecule has 0 radical (unpaired) electrons. The largest absolute Gasteiger partial charge is 0.492 e. The summed E-state index contributed by atoms with van der Waals surface area (Å²) in [4.78, 5) is 28.1. The molecule has 2 aromatic carbocycles. The van der Waals surface area contributed by atoms with Gasteiger partial charge in [0.1, 0.15) is 16.8 Å². The van der Waals surface area contributed by atoms with Crippen molar-refractivity contribution in [3.8, 4) is 5.75 Å². The third-order valence-electron chi connectivity index (χ3n) is 4.16. The number of thiazole rings is 1. The molecule has 8 nitrogen and oxygen atoms in total. The molecule has 29 heavy (non-hydrogen) atoms. The monoisotopic (exact) mass is 415 g/mol. The van der Waals surface area contributed by atoms with Gasteiger partial charge in [0.2, 0.25) is 0 Å². The number of carbonyl (C=O) groups is 1. The maximum atomic E-state index is 12.8. The number of para-hydroxylation sites is 2. The van der Waals surface area contributed by atoms with Crippen LogP contribution in [0, 0.1) is 10.1 Å². The standard InChI is InChI=1S/C20H21N3O5S/c1-3-27-13-12-22-18-16(28-4-2)10-7-11-17(18)29-20(22)21-19(24)14-8-5-6-9-15(14)23(25)26/h5-11H,3-4,12-13H2,1-2H3. The third kappa shape index (κ3) is 4.52. The van der Waals surface area contributed by atoms with Crippen LogP contribution < -0.4 is 9.54 Å². The normalized spacial score (nSPS) is 11.7. The van der Waals surface area contributed by atoms with Gasteiger partial charge in [-0.15, -0.1) is 0 Å². The minimum Gasteiger partial charge on any atom is -0.492 e. The van der Waals surface area contributed by atoms with Crippen molar-refractivity contribution in [2.75, 3.05) is 19.8 Å². The number of nitro benzene ring substituents is 1. The average molecular weight is 415 g/mol. The van der Waals surface area contributed by atoms with Gasteiger partial charge in [0.25, 0.3) is 11.6 Å². The van der Waals surface area contributed by atoms with E-state index >= 15 is 0 Å². The molecule has 152 valence electrons. The zero-order valence-electron chi connectivity index (χ0n) is 16.2. The van der Waals surface area contributed by atoms with Crippen LogP contribution >= 0.6 is 11.3 Å². The lowest BCUT2D eigenvalue weighted by Gasteiger charge is -2.09. The Morgan fingerprint density at radius 3 is 2.69 bits per heavy atom. The first-order chi connectivity index (χ1) is 14.1. The van der Waals surface area contributed by atoms with Crippen molar-refractivity contribution in [1.29, 1.82) is 0 Å². The lowest BCUT2D eigenvalue weighted by Crippen LogP contribution is -2.20. The molecule has 3 aromatic rings. The summed E-state index contributed by atoms with van der Waals surface area (Å²) in [5.41, 5.74) is 0.516. The van der Waals surface area contributed by atoms with Crippen molar-refractivity contribution in [2.24, 2.45) is 4.99 Å². The van der Waals surface area contributed by atoms with E-state index in [4.69, 9.17) is 9.47 Å². The Kier molecular flexibility index (Phi) is 6.73. The van der Waals surface area contributed by atoms with Gasteiger partial charge >= 0.3 is 0 Å². The Morgan fingerprint density at radius 1 is 1.17 bits per heavy atom. The molecule has 0 unspecified atom stereocenters. The molecular weight excluding hydrogens is 394 g/mol. The molecule has 9 heteroatoms. The van der Waals surface area contributed by atoms with Crippen LogP contribution in [-0.2, 0) is 11.3 Å². The number of nitrogens with zero attached hydrogens (tertiary/aromatic N) is 3. The molecule has 0 fully saturated rings. The highest BCUT2D eigenvalue weighted by Gasteiger charge is 2.20. The molecule has 1 heterocycles. The molecule has 0 saturated carbocycles. The highest BCUT2D eigenvalue weighted by atomic mass is 32.1. The molecule has 0 atom stereocenters. The summed E-state index contributed by atoms with van der Waals surface area (Å²) in [6, 6.07) is 11.5. The van der Waals surface area contributed by atoms with Gasteiger partial charge in [0.05, 0.1) is 22.8 Å². The molecular formula is C20H21N3O5S. The van der Waals surface area contributed by atoms with E-state index in [-0.39, 0.29) is 11.3 Å². The van der Waals surface area contributed by atoms with E-state index < -0.39 is 10.8 Å². The van der Waals surface area contributed by atoms with Gasteiger partial charge in [-0.05, 0) is 32.0 Å². The molecule has 0 spiro atoms. The third-order valence-corrected chi connectivity index (χ3v) is 5.20. The van der Waals surface area contributed by atoms with Gasteiger partial charge in [-0.25, -0.2) is 0 Å². The number of hydrogen-bond donors (Lipinski definition) is 0. The topological polar surface area (TPSA) is 96.0 Å². The van der Waals surface area contributed by atoms with Crippen molar-refractivity contribution in [1.82, 2.24) is 4.57 Å². The second-order valence-electron chi connectivity index (χ2n) is 5.96. The van der Waals surface area contributed by atoms with Crippen LogP contribution in [0.25, 0.3) is 10.2 Å². The van der Waals surface area contributed by atoms with Crippen LogP contribution in [0.2, 0.25) is 0 Å². The van der Waals surface area contributed by atoms with E-state index in [0.717, 1.165) is 10.2 Å². The van der Waals surface area contributed by atoms with Crippen LogP contribution in [0.5, 0.6) is 5.75 Å². The first-order valence-corrected chi connectivity index (χ1v) is 10.0. The Hall–Kier alpha value is -3.04. The summed E-state index contributed by atoms with van der Waals surface area (Å²) in [6.07, 6.45) is 0. The predicted octanol–water partition coefficient (Wildman–Crippen LogP) is 3.79. The Morgan fingerprint density at radius 2 is 1.97 bits per heavy atom. The molecule has 0 N–H and O–H groups in total. The number of ether oxygens (including phenoxy) is 2. The Balaban J connectivity index is 2.15. The molecule has 3 rings (SSSR count). The molecule has 0 bridgehead atoms. The zero-order chi connectivity index (χ0) is 20.8. The van der Waals surface area contributed by atoms with E-state index in [1.165, 1.54) is 29.5 Å². The maximum Gasteiger partial charge on any atom is 0.286 e. The fraction of sp³-hybridized carbons (Fsp3) is 0.300. The Bertz CT molecular complexity index is 1100. The fourth-order valence-electron chi connectivity index (χ4n) is 2.92. The van der Waals surface area contributed by atoms with Gasteiger partial charge in [-0.3, -0.25) is 14.9 Å². The van der Waals surface area contributed by atoms with Gasteiger partial charge < -0.3 is 14.0 Å². The molecule has 0 aliphatic rings. The van der Waals surface area contributed by atoms with Crippen LogP contribution in [0.3, 0.4) is 0 Å². The number of fused-ring (bicyclic) bond motifs is 1. The van der Waals surface area contributed by atoms with E-state index in [9.17, 15) is 14.9 Å². The SMILES string of the molecule is CCOCCn1c(=NC(=O)c2ccccc2[N+](=O)[O-])sc2cccc(OCC)c21. The van der Waals surface area contributed by atoms with Crippen molar-refractivity contribution in [2.45, 2.75) is 20.4 Å². The van der Waals surface area contributed by atoms with Gasteiger partial charge in [-0.2, -0.15) is 4.99 Å². The van der Waals surface area contributed by atoms with Crippen molar-refractivity contribution < 1.29 is 19.2 Å². The lowest BCUT2D eigenvalue weighted by molar-refractivity contribution is -0.385. The summed E-state index contributed by atoms with van der Waals surface area (Å²) in [6.45, 7) is 5.80. The van der Waals surface area contributed by atoms with Crippen molar-refractivity contribution in [3.63, 3.8) is 0 Å². The summed E-state index contributed by atoms with van der Waals surface area (Å²) in [5.74, 6) is 0.0318. The summed E-state index contributed by atoms with van der Waals surface area (Å²) < 4.78 is 14.0. The molecule has 0 aliphatic heterocycles. The number of aromatic nitrogens is 1. The second kappa shape index (κ2) is 9.44. The molecule has 1 amide bonds. The number of carbonyl (C=O) groups excluding carboxylic acids is 1. The number of nitro groups is 1. The van der Waals surface area contributed by atoms with E-state index in [1.807, 2.05) is 36.6 Å². The van der Waals surface area contributed by atoms with Crippen molar-refractivity contribution >= 4 is 33.1 Å². The molecule has 0 saturated heterocycles. The summed E-state index contributed by atoms with van der Waals surface area (Å²) in [5, 5.41) is 11.3. The van der Waals surface area contributed by atoms with Gasteiger partial charge in [0.15, 0.2) is 4.80 Å². The zero-order valence-corrected chi connectivity index (χ0v) is 17.0. The van der Waals surface area contributed by atoms with Crippen LogP contribution in [0.1, 0.15) is 24.2 Å². The number of hydrogen-bond acceptors (Lipinski definition) is 6. The smallest absolute Gasteiger partial charge is 0.286 e. The lowest BCUT2D eigenvalue weighted by atomic mass is 10.2. The fourth-order valence-corrected chi connectivity index (χ4v) is 4.00. The quantitative estimate of drug-likeness (QED) is 0.317. The number of benzene rings is 2. The van der Waals surface area contributed by atoms with E-state index in [0.29, 0.717) is 36.9 Å². The highest BCUT2D eigenvalue weighted by molar-refractivity contribution is 7.16. The van der Waals surface area contributed by atoms with Gasteiger partial charge in [0, 0.05) is 19.2 Å². The number of rotatable bonds is 8. The van der Waals surface area contributed by atoms with E-state index in [1.54, 1.807) is 6.07 Å².